The number of piperidine rings is 1. The first kappa shape index (κ1) is 20.8. The van der Waals surface area contributed by atoms with Gasteiger partial charge in [0.25, 0.3) is 0 Å². The van der Waals surface area contributed by atoms with Gasteiger partial charge in [-0.25, -0.2) is 0 Å². The molecule has 1 aliphatic heterocycles. The summed E-state index contributed by atoms with van der Waals surface area (Å²) in [6.45, 7) is 3.35. The first-order valence-corrected chi connectivity index (χ1v) is 10.6. The van der Waals surface area contributed by atoms with Gasteiger partial charge in [0.15, 0.2) is 0 Å². The van der Waals surface area contributed by atoms with Crippen LogP contribution in [0.5, 0.6) is 5.75 Å². The van der Waals surface area contributed by atoms with Crippen LogP contribution in [-0.4, -0.2) is 42.9 Å². The first-order chi connectivity index (χ1) is 13.8. The lowest BCUT2D eigenvalue weighted by Crippen LogP contribution is -2.48. The number of rotatable bonds is 10. The predicted octanol–water partition coefficient (Wildman–Crippen LogP) is 4.15. The topological polar surface area (TPSA) is 44.7 Å². The minimum absolute atomic E-state index is 0.297. The first-order valence-electron chi connectivity index (χ1n) is 10.6. The Balaban J connectivity index is 1.71. The molecule has 2 aromatic carbocycles. The maximum absolute atomic E-state index is 9.06. The fourth-order valence-corrected chi connectivity index (χ4v) is 4.32. The minimum Gasteiger partial charge on any atom is -0.496 e. The Bertz CT molecular complexity index is 692. The van der Waals surface area contributed by atoms with Crippen molar-refractivity contribution in [3.63, 3.8) is 0 Å². The summed E-state index contributed by atoms with van der Waals surface area (Å²) in [4.78, 5) is 2.64. The van der Waals surface area contributed by atoms with E-state index in [0.29, 0.717) is 18.7 Å². The summed E-state index contributed by atoms with van der Waals surface area (Å²) in [5.41, 5.74) is 2.60. The molecule has 2 atom stereocenters. The monoisotopic (exact) mass is 382 g/mol. The van der Waals surface area contributed by atoms with Gasteiger partial charge in [-0.05, 0) is 56.8 Å². The molecule has 0 amide bonds. The van der Waals surface area contributed by atoms with Crippen molar-refractivity contribution in [3.05, 3.63) is 65.7 Å². The van der Waals surface area contributed by atoms with Crippen LogP contribution in [0.3, 0.4) is 0 Å². The summed E-state index contributed by atoms with van der Waals surface area (Å²) in [7, 11) is 1.74. The van der Waals surface area contributed by atoms with Gasteiger partial charge in [0, 0.05) is 24.8 Å². The van der Waals surface area contributed by atoms with E-state index in [-0.39, 0.29) is 0 Å². The van der Waals surface area contributed by atoms with Gasteiger partial charge in [0.2, 0.25) is 0 Å². The van der Waals surface area contributed by atoms with E-state index in [4.69, 9.17) is 9.84 Å². The highest BCUT2D eigenvalue weighted by atomic mass is 16.5. The van der Waals surface area contributed by atoms with Crippen LogP contribution in [0, 0.1) is 0 Å². The van der Waals surface area contributed by atoms with E-state index in [1.807, 2.05) is 12.1 Å². The molecule has 2 aromatic rings. The molecule has 4 heteroatoms. The zero-order chi connectivity index (χ0) is 19.6. The van der Waals surface area contributed by atoms with E-state index in [9.17, 15) is 0 Å². The van der Waals surface area contributed by atoms with Crippen LogP contribution in [0.4, 0.5) is 0 Å². The van der Waals surface area contributed by atoms with Gasteiger partial charge in [-0.2, -0.15) is 0 Å². The number of para-hydroxylation sites is 1. The van der Waals surface area contributed by atoms with E-state index in [1.54, 1.807) is 7.11 Å². The predicted molar refractivity (Wildman–Crippen MR) is 115 cm³/mol. The summed E-state index contributed by atoms with van der Waals surface area (Å²) >= 11 is 0. The second-order valence-electron chi connectivity index (χ2n) is 7.62. The number of ether oxygens (including phenoxy) is 1. The fraction of sp³-hybridized carbons (Fsp3) is 0.500. The number of aliphatic hydroxyl groups is 1. The molecule has 0 radical (unpaired) electrons. The summed E-state index contributed by atoms with van der Waals surface area (Å²) < 4.78 is 5.52. The number of methoxy groups -OCH3 is 1. The van der Waals surface area contributed by atoms with E-state index in [0.717, 1.165) is 44.6 Å². The number of nitrogens with one attached hydrogen (secondary N) is 1. The molecule has 0 unspecified atom stereocenters. The third kappa shape index (κ3) is 5.57. The Morgan fingerprint density at radius 3 is 2.61 bits per heavy atom. The van der Waals surface area contributed by atoms with Crippen molar-refractivity contribution in [1.82, 2.24) is 10.2 Å². The molecule has 152 valence electrons. The number of aliphatic hydroxyl groups excluding tert-OH is 1. The fourth-order valence-electron chi connectivity index (χ4n) is 4.32. The standard InChI is InChI=1S/C24H34N2O2/c1-28-23-15-7-6-13-21(23)19-25-22-14-10-17-26(16-8-3-9-18-27)24(22)20-11-4-2-5-12-20/h2,4-7,11-13,15,22,24-25,27H,3,8-10,14,16-19H2,1H3/t22-,24-/m1/s1. The molecule has 28 heavy (non-hydrogen) atoms. The normalized spacial score (nSPS) is 20.2. The molecule has 1 heterocycles. The molecule has 0 aromatic heterocycles. The van der Waals surface area contributed by atoms with Gasteiger partial charge in [0.05, 0.1) is 13.2 Å². The van der Waals surface area contributed by atoms with Gasteiger partial charge < -0.3 is 15.2 Å². The lowest BCUT2D eigenvalue weighted by atomic mass is 9.89. The minimum atomic E-state index is 0.297. The third-order valence-electron chi connectivity index (χ3n) is 5.73. The molecule has 2 N–H and O–H groups in total. The van der Waals surface area contributed by atoms with E-state index in [2.05, 4.69) is 52.7 Å². The van der Waals surface area contributed by atoms with Crippen molar-refractivity contribution in [2.24, 2.45) is 0 Å². The average molecular weight is 383 g/mol. The molecule has 0 saturated carbocycles. The van der Waals surface area contributed by atoms with Crippen LogP contribution in [0.25, 0.3) is 0 Å². The van der Waals surface area contributed by atoms with Crippen LogP contribution in [-0.2, 0) is 6.54 Å². The number of benzene rings is 2. The Kier molecular flexibility index (Phi) is 8.34. The van der Waals surface area contributed by atoms with Crippen molar-refractivity contribution in [3.8, 4) is 5.75 Å². The van der Waals surface area contributed by atoms with Crippen LogP contribution in [0.15, 0.2) is 54.6 Å². The number of unbranched alkanes of at least 4 members (excludes halogenated alkanes) is 2. The second kappa shape index (κ2) is 11.2. The molecule has 0 bridgehead atoms. The Hall–Kier alpha value is -1.88. The van der Waals surface area contributed by atoms with Crippen molar-refractivity contribution in [2.75, 3.05) is 26.8 Å². The van der Waals surface area contributed by atoms with Gasteiger partial charge in [-0.15, -0.1) is 0 Å². The van der Waals surface area contributed by atoms with Gasteiger partial charge in [-0.1, -0.05) is 48.5 Å². The molecular formula is C24H34N2O2. The molecule has 1 fully saturated rings. The molecule has 0 spiro atoms. The zero-order valence-corrected chi connectivity index (χ0v) is 17.0. The second-order valence-corrected chi connectivity index (χ2v) is 7.62. The zero-order valence-electron chi connectivity index (χ0n) is 17.0. The number of nitrogens with zero attached hydrogens (tertiary/aromatic N) is 1. The van der Waals surface area contributed by atoms with Crippen molar-refractivity contribution in [1.29, 1.82) is 0 Å². The number of hydrogen-bond acceptors (Lipinski definition) is 4. The maximum Gasteiger partial charge on any atom is 0.123 e. The van der Waals surface area contributed by atoms with Gasteiger partial charge in [-0.3, -0.25) is 4.90 Å². The van der Waals surface area contributed by atoms with E-state index >= 15 is 0 Å². The maximum atomic E-state index is 9.06. The van der Waals surface area contributed by atoms with Crippen molar-refractivity contribution >= 4 is 0 Å². The number of likely N-dealkylation sites (tertiary alicyclic amines) is 1. The van der Waals surface area contributed by atoms with Gasteiger partial charge in [0.1, 0.15) is 5.75 Å². The van der Waals surface area contributed by atoms with E-state index < -0.39 is 0 Å². The molecule has 1 aliphatic rings. The molecule has 3 rings (SSSR count). The van der Waals surface area contributed by atoms with Crippen LogP contribution in [0.2, 0.25) is 0 Å². The summed E-state index contributed by atoms with van der Waals surface area (Å²) in [5.74, 6) is 0.947. The summed E-state index contributed by atoms with van der Waals surface area (Å²) in [6, 6.07) is 20.0. The average Bonchev–Trinajstić information content (AvgIpc) is 2.76. The highest BCUT2D eigenvalue weighted by molar-refractivity contribution is 5.33. The SMILES string of the molecule is COc1ccccc1CN[C@@H]1CCCN(CCCCCO)[C@@H]1c1ccccc1. The lowest BCUT2D eigenvalue weighted by molar-refractivity contribution is 0.108. The van der Waals surface area contributed by atoms with Crippen LogP contribution >= 0.6 is 0 Å². The molecule has 0 aliphatic carbocycles. The van der Waals surface area contributed by atoms with Crippen molar-refractivity contribution < 1.29 is 9.84 Å². The highest BCUT2D eigenvalue weighted by Crippen LogP contribution is 2.32. The van der Waals surface area contributed by atoms with Gasteiger partial charge >= 0.3 is 0 Å². The largest absolute Gasteiger partial charge is 0.496 e. The van der Waals surface area contributed by atoms with Crippen LogP contribution in [0.1, 0.15) is 49.3 Å². The quantitative estimate of drug-likeness (QED) is 0.606. The molecule has 1 saturated heterocycles. The molecule has 4 nitrogen and oxygen atoms in total. The molecular weight excluding hydrogens is 348 g/mol. The smallest absolute Gasteiger partial charge is 0.123 e. The van der Waals surface area contributed by atoms with E-state index in [1.165, 1.54) is 24.0 Å². The van der Waals surface area contributed by atoms with Crippen LogP contribution < -0.4 is 10.1 Å². The lowest BCUT2D eigenvalue weighted by Gasteiger charge is -2.42. The summed E-state index contributed by atoms with van der Waals surface area (Å²) in [5, 5.41) is 12.9. The third-order valence-corrected chi connectivity index (χ3v) is 5.73. The Morgan fingerprint density at radius 2 is 1.82 bits per heavy atom. The number of hydrogen-bond donors (Lipinski definition) is 2. The Morgan fingerprint density at radius 1 is 1.04 bits per heavy atom. The van der Waals surface area contributed by atoms with Crippen molar-refractivity contribution in [2.45, 2.75) is 50.7 Å². The summed E-state index contributed by atoms with van der Waals surface area (Å²) in [6.07, 6.45) is 5.53. The Labute approximate surface area is 169 Å². The highest BCUT2D eigenvalue weighted by Gasteiger charge is 2.32.